The van der Waals surface area contributed by atoms with E-state index in [2.05, 4.69) is 10.0 Å². The molecule has 1 amide bonds. The van der Waals surface area contributed by atoms with Crippen LogP contribution in [0.4, 0.5) is 11.4 Å². The van der Waals surface area contributed by atoms with Crippen LogP contribution in [0.5, 0.6) is 11.5 Å². The normalized spacial score (nSPS) is 10.9. The van der Waals surface area contributed by atoms with Gasteiger partial charge in [0.2, 0.25) is 0 Å². The van der Waals surface area contributed by atoms with E-state index >= 15 is 0 Å². The van der Waals surface area contributed by atoms with Gasteiger partial charge in [0.1, 0.15) is 11.5 Å². The smallest absolute Gasteiger partial charge is 0.262 e. The fraction of sp³-hybridized carbons (Fsp3) is 0.174. The Hall–Kier alpha value is -3.52. The van der Waals surface area contributed by atoms with E-state index in [0.717, 1.165) is 11.3 Å². The third-order valence-corrected chi connectivity index (χ3v) is 5.96. The van der Waals surface area contributed by atoms with Crippen molar-refractivity contribution in [3.05, 3.63) is 77.9 Å². The second-order valence-electron chi connectivity index (χ2n) is 6.91. The van der Waals surface area contributed by atoms with E-state index < -0.39 is 10.0 Å². The van der Waals surface area contributed by atoms with E-state index in [4.69, 9.17) is 9.47 Å². The number of methoxy groups -OCH3 is 1. The second-order valence-corrected chi connectivity index (χ2v) is 8.60. The lowest BCUT2D eigenvalue weighted by Gasteiger charge is -2.13. The van der Waals surface area contributed by atoms with E-state index in [9.17, 15) is 13.2 Å². The Bertz CT molecular complexity index is 1170. The molecule has 0 heterocycles. The van der Waals surface area contributed by atoms with Gasteiger partial charge in [-0.15, -0.1) is 0 Å². The zero-order valence-electron chi connectivity index (χ0n) is 17.5. The number of ether oxygens (including phenoxy) is 2. The zero-order valence-corrected chi connectivity index (χ0v) is 18.3. The van der Waals surface area contributed by atoms with Crippen molar-refractivity contribution in [3.63, 3.8) is 0 Å². The lowest BCUT2D eigenvalue weighted by Crippen LogP contribution is -2.21. The number of benzene rings is 3. The summed E-state index contributed by atoms with van der Waals surface area (Å²) < 4.78 is 38.5. The van der Waals surface area contributed by atoms with Crippen molar-refractivity contribution >= 4 is 27.3 Å². The van der Waals surface area contributed by atoms with E-state index in [1.54, 1.807) is 37.3 Å². The molecular formula is C23H24N2O5S. The molecule has 0 radical (unpaired) electrons. The first kappa shape index (κ1) is 22.2. The number of para-hydroxylation sites is 1. The van der Waals surface area contributed by atoms with Crippen molar-refractivity contribution in [2.24, 2.45) is 0 Å². The molecule has 0 saturated heterocycles. The van der Waals surface area contributed by atoms with Crippen LogP contribution in [-0.4, -0.2) is 28.0 Å². The molecule has 0 saturated carbocycles. The average molecular weight is 441 g/mol. The topological polar surface area (TPSA) is 93.7 Å². The van der Waals surface area contributed by atoms with Crippen LogP contribution < -0.4 is 19.5 Å². The molecule has 0 aromatic heterocycles. The van der Waals surface area contributed by atoms with Gasteiger partial charge in [-0.1, -0.05) is 18.2 Å². The Kier molecular flexibility index (Phi) is 6.81. The van der Waals surface area contributed by atoms with Gasteiger partial charge in [0.05, 0.1) is 12.0 Å². The van der Waals surface area contributed by atoms with Gasteiger partial charge in [-0.05, 0) is 73.5 Å². The van der Waals surface area contributed by atoms with E-state index in [0.29, 0.717) is 22.7 Å². The minimum atomic E-state index is -3.77. The predicted octanol–water partition coefficient (Wildman–Crippen LogP) is 4.13. The number of nitrogens with one attached hydrogen (secondary N) is 2. The van der Waals surface area contributed by atoms with Crippen molar-refractivity contribution in [2.75, 3.05) is 23.8 Å². The van der Waals surface area contributed by atoms with Crippen LogP contribution in [0, 0.1) is 13.8 Å². The molecule has 0 fully saturated rings. The molecule has 31 heavy (non-hydrogen) atoms. The Labute approximate surface area is 182 Å². The highest BCUT2D eigenvalue weighted by molar-refractivity contribution is 7.92. The zero-order chi connectivity index (χ0) is 22.4. The summed E-state index contributed by atoms with van der Waals surface area (Å²) in [5.41, 5.74) is 2.69. The minimum absolute atomic E-state index is 0.0949. The maximum absolute atomic E-state index is 12.7. The largest absolute Gasteiger partial charge is 0.497 e. The van der Waals surface area contributed by atoms with Gasteiger partial charge in [0.15, 0.2) is 6.61 Å². The van der Waals surface area contributed by atoms with Crippen molar-refractivity contribution in [1.82, 2.24) is 0 Å². The van der Waals surface area contributed by atoms with Crippen molar-refractivity contribution in [2.45, 2.75) is 18.7 Å². The van der Waals surface area contributed by atoms with Gasteiger partial charge < -0.3 is 14.8 Å². The summed E-state index contributed by atoms with van der Waals surface area (Å²) in [6.07, 6.45) is 0. The third kappa shape index (κ3) is 5.76. The van der Waals surface area contributed by atoms with Crippen molar-refractivity contribution in [1.29, 1.82) is 0 Å². The number of amides is 1. The fourth-order valence-corrected chi connectivity index (χ4v) is 4.01. The Morgan fingerprint density at radius 3 is 2.29 bits per heavy atom. The van der Waals surface area contributed by atoms with Crippen LogP contribution in [-0.2, 0) is 14.8 Å². The maximum atomic E-state index is 12.7. The predicted molar refractivity (Wildman–Crippen MR) is 120 cm³/mol. The number of hydrogen-bond donors (Lipinski definition) is 2. The van der Waals surface area contributed by atoms with Crippen LogP contribution in [0.2, 0.25) is 0 Å². The van der Waals surface area contributed by atoms with Gasteiger partial charge in [-0.25, -0.2) is 8.42 Å². The molecule has 0 aliphatic heterocycles. The summed E-state index contributed by atoms with van der Waals surface area (Å²) in [6.45, 7) is 3.44. The highest BCUT2D eigenvalue weighted by Crippen LogP contribution is 2.24. The van der Waals surface area contributed by atoms with Gasteiger partial charge >= 0.3 is 0 Å². The molecule has 7 nitrogen and oxygen atoms in total. The van der Waals surface area contributed by atoms with Gasteiger partial charge in [-0.2, -0.15) is 0 Å². The van der Waals surface area contributed by atoms with Crippen LogP contribution in [0.25, 0.3) is 0 Å². The summed E-state index contributed by atoms with van der Waals surface area (Å²) in [5, 5.41) is 2.79. The number of aryl methyl sites for hydroxylation is 2. The SMILES string of the molecule is COc1ccc(NS(=O)(=O)c2ccc(OCC(=O)Nc3ccccc3C)c(C)c2)cc1. The summed E-state index contributed by atoms with van der Waals surface area (Å²) >= 11 is 0. The molecule has 0 aliphatic rings. The van der Waals surface area contributed by atoms with Gasteiger partial charge in [0, 0.05) is 11.4 Å². The molecular weight excluding hydrogens is 416 g/mol. The highest BCUT2D eigenvalue weighted by Gasteiger charge is 2.16. The third-order valence-electron chi connectivity index (χ3n) is 4.58. The van der Waals surface area contributed by atoms with Crippen molar-refractivity contribution in [3.8, 4) is 11.5 Å². The number of carbonyl (C=O) groups is 1. The molecule has 0 aliphatic carbocycles. The molecule has 8 heteroatoms. The number of hydrogen-bond acceptors (Lipinski definition) is 5. The Morgan fingerprint density at radius 1 is 0.935 bits per heavy atom. The maximum Gasteiger partial charge on any atom is 0.262 e. The first-order chi connectivity index (χ1) is 14.8. The van der Waals surface area contributed by atoms with E-state index in [-0.39, 0.29) is 17.4 Å². The molecule has 3 aromatic carbocycles. The summed E-state index contributed by atoms with van der Waals surface area (Å²) in [6, 6.07) is 18.5. The Balaban J connectivity index is 1.64. The number of anilines is 2. The summed E-state index contributed by atoms with van der Waals surface area (Å²) in [7, 11) is -2.23. The summed E-state index contributed by atoms with van der Waals surface area (Å²) in [4.78, 5) is 12.3. The van der Waals surface area contributed by atoms with Crippen molar-refractivity contribution < 1.29 is 22.7 Å². The molecule has 162 valence electrons. The molecule has 2 N–H and O–H groups in total. The van der Waals surface area contributed by atoms with Crippen LogP contribution in [0.3, 0.4) is 0 Å². The molecule has 3 rings (SSSR count). The number of rotatable bonds is 8. The molecule has 0 spiro atoms. The Morgan fingerprint density at radius 2 is 1.65 bits per heavy atom. The molecule has 0 bridgehead atoms. The molecule has 0 unspecified atom stereocenters. The van der Waals surface area contributed by atoms with Crippen LogP contribution in [0.1, 0.15) is 11.1 Å². The van der Waals surface area contributed by atoms with E-state index in [1.807, 2.05) is 31.2 Å². The second kappa shape index (κ2) is 9.53. The average Bonchev–Trinajstić information content (AvgIpc) is 2.75. The lowest BCUT2D eigenvalue weighted by atomic mass is 10.2. The minimum Gasteiger partial charge on any atom is -0.497 e. The van der Waals surface area contributed by atoms with Gasteiger partial charge in [0.25, 0.3) is 15.9 Å². The lowest BCUT2D eigenvalue weighted by molar-refractivity contribution is -0.118. The van der Waals surface area contributed by atoms with Crippen LogP contribution >= 0.6 is 0 Å². The standard InChI is InChI=1S/C23H24N2O5S/c1-16-6-4-5-7-21(16)24-23(26)15-30-22-13-12-20(14-17(22)2)31(27,28)25-18-8-10-19(29-3)11-9-18/h4-14,25H,15H2,1-3H3,(H,24,26). The van der Waals surface area contributed by atoms with Crippen LogP contribution in [0.15, 0.2) is 71.6 Å². The summed E-state index contributed by atoms with van der Waals surface area (Å²) in [5.74, 6) is 0.765. The molecule has 0 atom stereocenters. The molecule has 3 aromatic rings. The monoisotopic (exact) mass is 440 g/mol. The number of sulfonamides is 1. The number of carbonyl (C=O) groups excluding carboxylic acids is 1. The first-order valence-corrected chi connectivity index (χ1v) is 11.0. The first-order valence-electron chi connectivity index (χ1n) is 9.54. The fourth-order valence-electron chi connectivity index (χ4n) is 2.87. The quantitative estimate of drug-likeness (QED) is 0.549. The highest BCUT2D eigenvalue weighted by atomic mass is 32.2. The van der Waals surface area contributed by atoms with E-state index in [1.165, 1.54) is 19.2 Å². The van der Waals surface area contributed by atoms with Gasteiger partial charge in [-0.3, -0.25) is 9.52 Å².